The van der Waals surface area contributed by atoms with Crippen molar-refractivity contribution in [1.82, 2.24) is 14.5 Å². The molecule has 0 fully saturated rings. The molecule has 50 heavy (non-hydrogen) atoms. The minimum Gasteiger partial charge on any atom is -0.455 e. The van der Waals surface area contributed by atoms with E-state index in [4.69, 9.17) is 14.4 Å². The van der Waals surface area contributed by atoms with E-state index in [0.717, 1.165) is 77.5 Å². The van der Waals surface area contributed by atoms with Crippen molar-refractivity contribution in [3.63, 3.8) is 0 Å². The molecule has 0 saturated heterocycles. The highest BCUT2D eigenvalue weighted by atomic mass is 16.3. The summed E-state index contributed by atoms with van der Waals surface area (Å²) in [6, 6.07) is 61.2. The van der Waals surface area contributed by atoms with Gasteiger partial charge in [0.05, 0.1) is 33.4 Å². The Morgan fingerprint density at radius 1 is 0.400 bits per heavy atom. The van der Waals surface area contributed by atoms with Crippen molar-refractivity contribution in [2.75, 3.05) is 0 Å². The van der Waals surface area contributed by atoms with Gasteiger partial charge in [0.25, 0.3) is 0 Å². The fourth-order valence-corrected chi connectivity index (χ4v) is 7.28. The van der Waals surface area contributed by atoms with Crippen LogP contribution in [0.1, 0.15) is 0 Å². The summed E-state index contributed by atoms with van der Waals surface area (Å²) in [5.74, 6) is 0.626. The summed E-state index contributed by atoms with van der Waals surface area (Å²) in [6.45, 7) is 0. The lowest BCUT2D eigenvalue weighted by Crippen LogP contribution is -1.96. The molecule has 0 bridgehead atoms. The van der Waals surface area contributed by atoms with E-state index >= 15 is 0 Å². The van der Waals surface area contributed by atoms with Crippen molar-refractivity contribution in [3.8, 4) is 50.7 Å². The fraction of sp³-hybridized carbons (Fsp3) is 0. The van der Waals surface area contributed by atoms with Crippen molar-refractivity contribution in [2.45, 2.75) is 0 Å². The highest BCUT2D eigenvalue weighted by Gasteiger charge is 2.21. The Hall–Kier alpha value is -6.78. The first-order valence-electron chi connectivity index (χ1n) is 16.8. The molecule has 0 amide bonds. The van der Waals surface area contributed by atoms with Gasteiger partial charge >= 0.3 is 0 Å². The number of fused-ring (bicyclic) bond motifs is 7. The molecule has 0 spiro atoms. The number of nitrogens with zero attached hydrogens (tertiary/aromatic N) is 3. The van der Waals surface area contributed by atoms with Gasteiger partial charge in [-0.2, -0.15) is 0 Å². The molecular weight excluding hydrogens is 611 g/mol. The maximum absolute atomic E-state index is 6.97. The van der Waals surface area contributed by atoms with Gasteiger partial charge in [0.2, 0.25) is 0 Å². The Kier molecular flexibility index (Phi) is 6.46. The Balaban J connectivity index is 1.19. The van der Waals surface area contributed by atoms with E-state index in [1.807, 2.05) is 24.3 Å². The molecule has 10 rings (SSSR count). The van der Waals surface area contributed by atoms with Gasteiger partial charge in [-0.15, -0.1) is 0 Å². The highest BCUT2D eigenvalue weighted by Crippen LogP contribution is 2.43. The van der Waals surface area contributed by atoms with Crippen LogP contribution in [0.25, 0.3) is 94.5 Å². The van der Waals surface area contributed by atoms with Gasteiger partial charge in [-0.1, -0.05) is 133 Å². The molecule has 0 unspecified atom stereocenters. The van der Waals surface area contributed by atoms with E-state index < -0.39 is 0 Å². The van der Waals surface area contributed by atoms with E-state index in [1.165, 1.54) is 11.1 Å². The highest BCUT2D eigenvalue weighted by molar-refractivity contribution is 6.24. The molecule has 3 aromatic heterocycles. The minimum absolute atomic E-state index is 0.626. The summed E-state index contributed by atoms with van der Waals surface area (Å²) in [7, 11) is 0. The minimum atomic E-state index is 0.626. The molecular formula is C46H29N3O. The molecule has 0 aliphatic carbocycles. The van der Waals surface area contributed by atoms with Crippen LogP contribution >= 0.6 is 0 Å². The van der Waals surface area contributed by atoms with Crippen LogP contribution in [0.4, 0.5) is 0 Å². The average molecular weight is 640 g/mol. The summed E-state index contributed by atoms with van der Waals surface area (Å²) in [6.07, 6.45) is 0. The van der Waals surface area contributed by atoms with E-state index in [1.54, 1.807) is 0 Å². The standard InChI is InChI=1S/C46H29N3O/c1-4-13-30(14-5-1)31-23-25-33(26-24-31)40-29-39(32-15-6-2-7-16-32)47-46(48-40)38-21-12-20-35-36-27-28-42-43(45(36)50-44(35)38)37-19-10-11-22-41(37)49(42)34-17-8-3-9-18-34/h1-29H. The normalized spacial score (nSPS) is 11.6. The number of aromatic nitrogens is 3. The number of furan rings is 1. The Morgan fingerprint density at radius 3 is 1.70 bits per heavy atom. The quantitative estimate of drug-likeness (QED) is 0.188. The first-order valence-corrected chi connectivity index (χ1v) is 16.8. The second-order valence-corrected chi connectivity index (χ2v) is 12.6. The lowest BCUT2D eigenvalue weighted by molar-refractivity contribution is 0.673. The number of para-hydroxylation sites is 3. The number of hydrogen-bond acceptors (Lipinski definition) is 3. The summed E-state index contributed by atoms with van der Waals surface area (Å²) in [5, 5.41) is 4.36. The van der Waals surface area contributed by atoms with Gasteiger partial charge in [0, 0.05) is 33.0 Å². The van der Waals surface area contributed by atoms with Crippen molar-refractivity contribution in [3.05, 3.63) is 176 Å². The summed E-state index contributed by atoms with van der Waals surface area (Å²) < 4.78 is 9.29. The second kappa shape index (κ2) is 11.4. The van der Waals surface area contributed by atoms with Crippen LogP contribution in [-0.4, -0.2) is 14.5 Å². The lowest BCUT2D eigenvalue weighted by atomic mass is 10.0. The van der Waals surface area contributed by atoms with Crippen LogP contribution in [0, 0.1) is 0 Å². The van der Waals surface area contributed by atoms with Crippen molar-refractivity contribution >= 4 is 43.7 Å². The Bertz CT molecular complexity index is 2840. The number of rotatable bonds is 5. The zero-order chi connectivity index (χ0) is 33.0. The van der Waals surface area contributed by atoms with E-state index in [-0.39, 0.29) is 0 Å². The maximum atomic E-state index is 6.97. The van der Waals surface area contributed by atoms with E-state index in [0.29, 0.717) is 5.82 Å². The molecule has 3 heterocycles. The van der Waals surface area contributed by atoms with Crippen LogP contribution in [0.2, 0.25) is 0 Å². The van der Waals surface area contributed by atoms with Crippen molar-refractivity contribution in [2.24, 2.45) is 0 Å². The molecule has 7 aromatic carbocycles. The van der Waals surface area contributed by atoms with Crippen LogP contribution in [0.15, 0.2) is 180 Å². The van der Waals surface area contributed by atoms with Gasteiger partial charge in [0.1, 0.15) is 11.2 Å². The second-order valence-electron chi connectivity index (χ2n) is 12.6. The topological polar surface area (TPSA) is 43.9 Å². The predicted octanol–water partition coefficient (Wildman–Crippen LogP) is 12.1. The van der Waals surface area contributed by atoms with Crippen LogP contribution < -0.4 is 0 Å². The monoisotopic (exact) mass is 639 g/mol. The number of benzene rings is 7. The van der Waals surface area contributed by atoms with Gasteiger partial charge in [-0.05, 0) is 53.6 Å². The average Bonchev–Trinajstić information content (AvgIpc) is 3.75. The maximum Gasteiger partial charge on any atom is 0.164 e. The molecule has 0 aliphatic rings. The van der Waals surface area contributed by atoms with Gasteiger partial charge in [-0.25, -0.2) is 9.97 Å². The van der Waals surface area contributed by atoms with Crippen LogP contribution in [-0.2, 0) is 0 Å². The largest absolute Gasteiger partial charge is 0.455 e. The van der Waals surface area contributed by atoms with Crippen LogP contribution in [0.3, 0.4) is 0 Å². The first-order chi connectivity index (χ1) is 24.8. The summed E-state index contributed by atoms with van der Waals surface area (Å²) in [5.41, 5.74) is 12.0. The molecule has 10 aromatic rings. The molecule has 4 nitrogen and oxygen atoms in total. The van der Waals surface area contributed by atoms with Crippen molar-refractivity contribution in [1.29, 1.82) is 0 Å². The molecule has 0 N–H and O–H groups in total. The smallest absolute Gasteiger partial charge is 0.164 e. The third kappa shape index (κ3) is 4.54. The van der Waals surface area contributed by atoms with Gasteiger partial charge in [-0.3, -0.25) is 0 Å². The zero-order valence-corrected chi connectivity index (χ0v) is 27.0. The lowest BCUT2D eigenvalue weighted by Gasteiger charge is -2.10. The molecule has 4 heteroatoms. The molecule has 0 saturated carbocycles. The summed E-state index contributed by atoms with van der Waals surface area (Å²) >= 11 is 0. The van der Waals surface area contributed by atoms with Gasteiger partial charge < -0.3 is 8.98 Å². The molecule has 234 valence electrons. The Morgan fingerprint density at radius 2 is 0.960 bits per heavy atom. The molecule has 0 atom stereocenters. The fourth-order valence-electron chi connectivity index (χ4n) is 7.28. The number of hydrogen-bond donors (Lipinski definition) is 0. The predicted molar refractivity (Wildman–Crippen MR) is 205 cm³/mol. The van der Waals surface area contributed by atoms with E-state index in [9.17, 15) is 0 Å². The van der Waals surface area contributed by atoms with Crippen LogP contribution in [0.5, 0.6) is 0 Å². The SMILES string of the molecule is c1ccc(-c2ccc(-c3cc(-c4ccccc4)nc(-c4cccc5c4oc4c5ccc5c4c4ccccc4n5-c4ccccc4)n3)cc2)cc1. The third-order valence-corrected chi connectivity index (χ3v) is 9.64. The Labute approximate surface area is 288 Å². The molecule has 0 aliphatic heterocycles. The van der Waals surface area contributed by atoms with E-state index in [2.05, 4.69) is 156 Å². The van der Waals surface area contributed by atoms with Crippen molar-refractivity contribution < 1.29 is 4.42 Å². The van der Waals surface area contributed by atoms with Gasteiger partial charge in [0.15, 0.2) is 5.82 Å². The third-order valence-electron chi connectivity index (χ3n) is 9.64. The summed E-state index contributed by atoms with van der Waals surface area (Å²) in [4.78, 5) is 10.4. The first kappa shape index (κ1) is 28.3. The molecule has 0 radical (unpaired) electrons. The zero-order valence-electron chi connectivity index (χ0n) is 27.0.